The fourth-order valence-electron chi connectivity index (χ4n) is 1.70. The molecule has 1 N–H and O–H groups in total. The fourth-order valence-corrected chi connectivity index (χ4v) is 1.92. The molecular weight excluding hydrogens is 234 g/mol. The first kappa shape index (κ1) is 14.5. The largest absolute Gasteiger partial charge is 0.382 e. The molecule has 1 aromatic carbocycles. The predicted octanol–water partition coefficient (Wildman–Crippen LogP) is 2.85. The van der Waals surface area contributed by atoms with Gasteiger partial charge in [-0.25, -0.2) is 0 Å². The third kappa shape index (κ3) is 6.67. The van der Waals surface area contributed by atoms with Crippen LogP contribution in [-0.2, 0) is 11.2 Å². The molecule has 0 saturated heterocycles. The number of benzene rings is 1. The van der Waals surface area contributed by atoms with Gasteiger partial charge in [0.15, 0.2) is 0 Å². The summed E-state index contributed by atoms with van der Waals surface area (Å²) in [5.41, 5.74) is 1.33. The Bertz CT molecular complexity index is 279. The molecule has 0 aliphatic rings. The SMILES string of the molecule is CCOCCCNC(CCl)Cc1ccccc1. The van der Waals surface area contributed by atoms with Crippen molar-refractivity contribution in [2.24, 2.45) is 0 Å². The van der Waals surface area contributed by atoms with Gasteiger partial charge in [0.05, 0.1) is 0 Å². The molecule has 0 aliphatic carbocycles. The highest BCUT2D eigenvalue weighted by Crippen LogP contribution is 2.04. The van der Waals surface area contributed by atoms with Crippen molar-refractivity contribution in [3.05, 3.63) is 35.9 Å². The molecule has 1 aromatic rings. The molecule has 0 heterocycles. The summed E-state index contributed by atoms with van der Waals surface area (Å²) in [5, 5.41) is 3.46. The third-order valence-electron chi connectivity index (χ3n) is 2.61. The maximum atomic E-state index is 5.96. The van der Waals surface area contributed by atoms with Gasteiger partial charge in [0, 0.05) is 25.1 Å². The van der Waals surface area contributed by atoms with Crippen molar-refractivity contribution in [1.82, 2.24) is 5.32 Å². The molecule has 3 heteroatoms. The van der Waals surface area contributed by atoms with Crippen molar-refractivity contribution < 1.29 is 4.74 Å². The zero-order valence-corrected chi connectivity index (χ0v) is 11.2. The second kappa shape index (κ2) is 9.46. The van der Waals surface area contributed by atoms with E-state index in [0.717, 1.165) is 32.6 Å². The lowest BCUT2D eigenvalue weighted by molar-refractivity contribution is 0.144. The third-order valence-corrected chi connectivity index (χ3v) is 2.99. The van der Waals surface area contributed by atoms with E-state index in [9.17, 15) is 0 Å². The van der Waals surface area contributed by atoms with E-state index >= 15 is 0 Å². The highest BCUT2D eigenvalue weighted by Gasteiger charge is 2.06. The lowest BCUT2D eigenvalue weighted by Gasteiger charge is -2.16. The van der Waals surface area contributed by atoms with Crippen molar-refractivity contribution in [3.63, 3.8) is 0 Å². The number of rotatable bonds is 9. The molecule has 1 atom stereocenters. The zero-order valence-electron chi connectivity index (χ0n) is 10.5. The quantitative estimate of drug-likeness (QED) is 0.541. The maximum Gasteiger partial charge on any atom is 0.0477 e. The minimum Gasteiger partial charge on any atom is -0.382 e. The Morgan fingerprint density at radius 3 is 2.71 bits per heavy atom. The van der Waals surface area contributed by atoms with E-state index in [4.69, 9.17) is 16.3 Å². The van der Waals surface area contributed by atoms with Gasteiger partial charge in [-0.1, -0.05) is 30.3 Å². The molecule has 0 amide bonds. The first-order valence-corrected chi connectivity index (χ1v) is 6.81. The summed E-state index contributed by atoms with van der Waals surface area (Å²) < 4.78 is 5.29. The molecule has 1 unspecified atom stereocenters. The summed E-state index contributed by atoms with van der Waals surface area (Å²) in [4.78, 5) is 0. The lowest BCUT2D eigenvalue weighted by atomic mass is 10.1. The number of alkyl halides is 1. The van der Waals surface area contributed by atoms with Gasteiger partial charge in [-0.2, -0.15) is 0 Å². The van der Waals surface area contributed by atoms with Gasteiger partial charge < -0.3 is 10.1 Å². The maximum absolute atomic E-state index is 5.96. The van der Waals surface area contributed by atoms with E-state index in [1.54, 1.807) is 0 Å². The van der Waals surface area contributed by atoms with Crippen LogP contribution in [0.2, 0.25) is 0 Å². The predicted molar refractivity (Wildman–Crippen MR) is 73.8 cm³/mol. The smallest absolute Gasteiger partial charge is 0.0477 e. The Morgan fingerprint density at radius 1 is 1.29 bits per heavy atom. The molecule has 0 bridgehead atoms. The van der Waals surface area contributed by atoms with Gasteiger partial charge in [-0.05, 0) is 31.9 Å². The number of hydrogen-bond acceptors (Lipinski definition) is 2. The number of halogens is 1. The van der Waals surface area contributed by atoms with Gasteiger partial charge in [0.25, 0.3) is 0 Å². The first-order valence-electron chi connectivity index (χ1n) is 6.27. The van der Waals surface area contributed by atoms with Crippen LogP contribution in [0, 0.1) is 0 Å². The average Bonchev–Trinajstić information content (AvgIpc) is 2.38. The Morgan fingerprint density at radius 2 is 2.06 bits per heavy atom. The van der Waals surface area contributed by atoms with E-state index in [1.165, 1.54) is 5.56 Å². The number of nitrogens with one attached hydrogen (secondary N) is 1. The lowest BCUT2D eigenvalue weighted by Crippen LogP contribution is -2.34. The van der Waals surface area contributed by atoms with Crippen LogP contribution in [0.1, 0.15) is 18.9 Å². The van der Waals surface area contributed by atoms with Crippen LogP contribution in [0.3, 0.4) is 0 Å². The standard InChI is InChI=1S/C14H22ClNO/c1-2-17-10-6-9-16-14(12-15)11-13-7-4-3-5-8-13/h3-5,7-8,14,16H,2,6,9-12H2,1H3. The van der Waals surface area contributed by atoms with Crippen LogP contribution in [0.25, 0.3) is 0 Å². The summed E-state index contributed by atoms with van der Waals surface area (Å²) in [5.74, 6) is 0.642. The second-order valence-electron chi connectivity index (χ2n) is 4.05. The molecule has 1 rings (SSSR count). The fraction of sp³-hybridized carbons (Fsp3) is 0.571. The Labute approximate surface area is 109 Å². The molecule has 0 fully saturated rings. The van der Waals surface area contributed by atoms with E-state index in [2.05, 4.69) is 29.6 Å². The average molecular weight is 256 g/mol. The van der Waals surface area contributed by atoms with Crippen LogP contribution in [0.5, 0.6) is 0 Å². The number of ether oxygens (including phenoxy) is 1. The van der Waals surface area contributed by atoms with Crippen molar-refractivity contribution >= 4 is 11.6 Å². The topological polar surface area (TPSA) is 21.3 Å². The van der Waals surface area contributed by atoms with Gasteiger partial charge in [-0.3, -0.25) is 0 Å². The summed E-state index contributed by atoms with van der Waals surface area (Å²) >= 11 is 5.96. The van der Waals surface area contributed by atoms with Crippen LogP contribution >= 0.6 is 11.6 Å². The summed E-state index contributed by atoms with van der Waals surface area (Å²) in [6, 6.07) is 10.8. The van der Waals surface area contributed by atoms with E-state index < -0.39 is 0 Å². The van der Waals surface area contributed by atoms with Crippen LogP contribution in [0.15, 0.2) is 30.3 Å². The Balaban J connectivity index is 2.20. The zero-order chi connectivity index (χ0) is 12.3. The molecule has 17 heavy (non-hydrogen) atoms. The first-order chi connectivity index (χ1) is 8.36. The molecule has 0 spiro atoms. The molecule has 0 radical (unpaired) electrons. The normalized spacial score (nSPS) is 12.6. The second-order valence-corrected chi connectivity index (χ2v) is 4.35. The molecule has 2 nitrogen and oxygen atoms in total. The van der Waals surface area contributed by atoms with Crippen LogP contribution in [0.4, 0.5) is 0 Å². The minimum atomic E-state index is 0.348. The van der Waals surface area contributed by atoms with Crippen LogP contribution in [-0.4, -0.2) is 31.7 Å². The summed E-state index contributed by atoms with van der Waals surface area (Å²) in [6.07, 6.45) is 2.02. The van der Waals surface area contributed by atoms with Gasteiger partial charge in [0.1, 0.15) is 0 Å². The van der Waals surface area contributed by atoms with E-state index in [-0.39, 0.29) is 0 Å². The summed E-state index contributed by atoms with van der Waals surface area (Å²) in [7, 11) is 0. The Kier molecular flexibility index (Phi) is 8.06. The summed E-state index contributed by atoms with van der Waals surface area (Å²) in [6.45, 7) is 4.60. The molecule has 0 saturated carbocycles. The molecular formula is C14H22ClNO. The van der Waals surface area contributed by atoms with E-state index in [1.807, 2.05) is 13.0 Å². The van der Waals surface area contributed by atoms with Crippen molar-refractivity contribution in [1.29, 1.82) is 0 Å². The molecule has 0 aliphatic heterocycles. The highest BCUT2D eigenvalue weighted by molar-refractivity contribution is 6.18. The van der Waals surface area contributed by atoms with Gasteiger partial charge in [-0.15, -0.1) is 11.6 Å². The van der Waals surface area contributed by atoms with E-state index in [0.29, 0.717) is 11.9 Å². The van der Waals surface area contributed by atoms with Crippen molar-refractivity contribution in [3.8, 4) is 0 Å². The van der Waals surface area contributed by atoms with Crippen LogP contribution < -0.4 is 5.32 Å². The van der Waals surface area contributed by atoms with Gasteiger partial charge >= 0.3 is 0 Å². The van der Waals surface area contributed by atoms with Crippen molar-refractivity contribution in [2.75, 3.05) is 25.6 Å². The Hall–Kier alpha value is -0.570. The monoisotopic (exact) mass is 255 g/mol. The highest BCUT2D eigenvalue weighted by atomic mass is 35.5. The minimum absolute atomic E-state index is 0.348. The van der Waals surface area contributed by atoms with Crippen molar-refractivity contribution in [2.45, 2.75) is 25.8 Å². The molecule has 96 valence electrons. The van der Waals surface area contributed by atoms with Gasteiger partial charge in [0.2, 0.25) is 0 Å². The molecule has 0 aromatic heterocycles. The number of hydrogen-bond donors (Lipinski definition) is 1.